The average molecular weight is 484 g/mol. The largest absolute Gasteiger partial charge is 0.493 e. The smallest absolute Gasteiger partial charge is 0.250 e. The van der Waals surface area contributed by atoms with Gasteiger partial charge in [-0.25, -0.2) is 14.4 Å². The van der Waals surface area contributed by atoms with Crippen molar-refractivity contribution in [2.45, 2.75) is 6.42 Å². The van der Waals surface area contributed by atoms with E-state index < -0.39 is 5.82 Å². The maximum atomic E-state index is 13.5. The van der Waals surface area contributed by atoms with E-state index >= 15 is 0 Å². The molecule has 5 rings (SSSR count). The molecule has 0 spiro atoms. The molecule has 176 valence electrons. The Balaban J connectivity index is 1.27. The van der Waals surface area contributed by atoms with E-state index in [9.17, 15) is 4.39 Å². The van der Waals surface area contributed by atoms with Crippen LogP contribution < -0.4 is 14.8 Å². The lowest BCUT2D eigenvalue weighted by atomic mass is 10.2. The Hall–Kier alpha value is -3.27. The number of nitrogens with one attached hydrogen (secondary N) is 1. The topological polar surface area (TPSA) is 81.1 Å². The van der Waals surface area contributed by atoms with Crippen molar-refractivity contribution in [2.24, 2.45) is 4.99 Å². The minimum atomic E-state index is -0.496. The van der Waals surface area contributed by atoms with Crippen LogP contribution in [0.25, 0.3) is 0 Å². The maximum absolute atomic E-state index is 13.5. The van der Waals surface area contributed by atoms with Crippen molar-refractivity contribution in [3.63, 3.8) is 0 Å². The van der Waals surface area contributed by atoms with Crippen molar-refractivity contribution < 1.29 is 18.6 Å². The van der Waals surface area contributed by atoms with Gasteiger partial charge in [0.2, 0.25) is 0 Å². The molecule has 1 fully saturated rings. The number of aromatic nitrogens is 2. The molecule has 0 atom stereocenters. The fourth-order valence-electron chi connectivity index (χ4n) is 3.70. The molecule has 0 unspecified atom stereocenters. The SMILES string of the molecule is Fc1ccc(Nc2ncnc3c2N=Cc2ccc(OCCCN4CCOCC4)cc2O3)cc1Cl. The molecule has 0 bridgehead atoms. The van der Waals surface area contributed by atoms with Crippen LogP contribution in [0.1, 0.15) is 12.0 Å². The number of anilines is 2. The molecule has 8 nitrogen and oxygen atoms in total. The van der Waals surface area contributed by atoms with Crippen LogP contribution in [-0.4, -0.2) is 60.5 Å². The Morgan fingerprint density at radius 1 is 1.12 bits per heavy atom. The molecular formula is C24H23ClFN5O3. The van der Waals surface area contributed by atoms with E-state index in [0.717, 1.165) is 44.8 Å². The Kier molecular flexibility index (Phi) is 6.84. The molecule has 34 heavy (non-hydrogen) atoms. The lowest BCUT2D eigenvalue weighted by Gasteiger charge is -2.26. The van der Waals surface area contributed by atoms with Gasteiger partial charge in [0.1, 0.15) is 23.6 Å². The standard InChI is InChI=1S/C24H23ClFN5O3/c25-19-12-17(3-5-20(19)26)30-23-22-24(29-15-28-23)34-21-13-18(4-2-16(21)14-27-22)33-9-1-6-31-7-10-32-11-8-31/h2-5,12-15H,1,6-11H2,(H,28,29,30). The Bertz CT molecular complexity index is 1200. The number of aliphatic imine (C=N–C) groups is 1. The Morgan fingerprint density at radius 2 is 2.00 bits per heavy atom. The molecule has 2 aliphatic rings. The quantitative estimate of drug-likeness (QED) is 0.372. The van der Waals surface area contributed by atoms with Crippen LogP contribution >= 0.6 is 11.6 Å². The summed E-state index contributed by atoms with van der Waals surface area (Å²) in [6.07, 6.45) is 3.99. The van der Waals surface area contributed by atoms with E-state index in [1.54, 1.807) is 12.3 Å². The normalized spacial score (nSPS) is 15.1. The third kappa shape index (κ3) is 5.27. The minimum Gasteiger partial charge on any atom is -0.493 e. The lowest BCUT2D eigenvalue weighted by Crippen LogP contribution is -2.37. The second-order valence-corrected chi connectivity index (χ2v) is 8.25. The first-order valence-corrected chi connectivity index (χ1v) is 11.4. The number of ether oxygens (including phenoxy) is 3. The number of fused-ring (bicyclic) bond motifs is 2. The highest BCUT2D eigenvalue weighted by atomic mass is 35.5. The van der Waals surface area contributed by atoms with Crippen molar-refractivity contribution >= 4 is 35.0 Å². The molecule has 1 N–H and O–H groups in total. The zero-order valence-electron chi connectivity index (χ0n) is 18.3. The molecule has 1 saturated heterocycles. The molecule has 10 heteroatoms. The van der Waals surface area contributed by atoms with E-state index in [1.807, 2.05) is 18.2 Å². The predicted molar refractivity (Wildman–Crippen MR) is 128 cm³/mol. The molecule has 2 aliphatic heterocycles. The van der Waals surface area contributed by atoms with Crippen molar-refractivity contribution in [2.75, 3.05) is 44.8 Å². The van der Waals surface area contributed by atoms with Crippen molar-refractivity contribution in [3.05, 3.63) is 59.1 Å². The van der Waals surface area contributed by atoms with Gasteiger partial charge in [0.15, 0.2) is 11.5 Å². The van der Waals surface area contributed by atoms with Crippen molar-refractivity contribution in [3.8, 4) is 17.4 Å². The maximum Gasteiger partial charge on any atom is 0.250 e. The Morgan fingerprint density at radius 3 is 2.85 bits per heavy atom. The van der Waals surface area contributed by atoms with Gasteiger partial charge >= 0.3 is 0 Å². The highest BCUT2D eigenvalue weighted by Crippen LogP contribution is 2.40. The third-order valence-electron chi connectivity index (χ3n) is 5.49. The van der Waals surface area contributed by atoms with Crippen LogP contribution in [0, 0.1) is 5.82 Å². The summed E-state index contributed by atoms with van der Waals surface area (Å²) in [6, 6.07) is 9.94. The zero-order valence-corrected chi connectivity index (χ0v) is 19.1. The second-order valence-electron chi connectivity index (χ2n) is 7.85. The monoisotopic (exact) mass is 483 g/mol. The Labute approximate surface area is 201 Å². The van der Waals surface area contributed by atoms with Gasteiger partial charge in [-0.15, -0.1) is 0 Å². The molecule has 0 saturated carbocycles. The van der Waals surface area contributed by atoms with Crippen LogP contribution in [0.4, 0.5) is 21.6 Å². The van der Waals surface area contributed by atoms with Crippen LogP contribution in [0.5, 0.6) is 17.4 Å². The first kappa shape index (κ1) is 22.5. The first-order valence-electron chi connectivity index (χ1n) is 11.0. The third-order valence-corrected chi connectivity index (χ3v) is 5.78. The van der Waals surface area contributed by atoms with Crippen molar-refractivity contribution in [1.82, 2.24) is 14.9 Å². The summed E-state index contributed by atoms with van der Waals surface area (Å²) in [5.74, 6) is 1.51. The number of rotatable bonds is 7. The fourth-order valence-corrected chi connectivity index (χ4v) is 3.88. The van der Waals surface area contributed by atoms with E-state index in [4.69, 9.17) is 25.8 Å². The van der Waals surface area contributed by atoms with Gasteiger partial charge in [-0.05, 0) is 36.8 Å². The summed E-state index contributed by atoms with van der Waals surface area (Å²) < 4.78 is 30.9. The van der Waals surface area contributed by atoms with Gasteiger partial charge in [0.25, 0.3) is 5.88 Å². The summed E-state index contributed by atoms with van der Waals surface area (Å²) in [4.78, 5) is 15.4. The molecule has 2 aromatic carbocycles. The number of halogens is 2. The van der Waals surface area contributed by atoms with Gasteiger partial charge in [-0.2, -0.15) is 4.98 Å². The zero-order chi connectivity index (χ0) is 23.3. The lowest BCUT2D eigenvalue weighted by molar-refractivity contribution is 0.0358. The van der Waals surface area contributed by atoms with Crippen molar-refractivity contribution in [1.29, 1.82) is 0 Å². The predicted octanol–water partition coefficient (Wildman–Crippen LogP) is 4.97. The molecule has 3 aromatic rings. The summed E-state index contributed by atoms with van der Waals surface area (Å²) in [7, 11) is 0. The van der Waals surface area contributed by atoms with Gasteiger partial charge < -0.3 is 19.5 Å². The average Bonchev–Trinajstić information content (AvgIpc) is 3.04. The van der Waals surface area contributed by atoms with Crippen LogP contribution in [0.15, 0.2) is 47.7 Å². The molecule has 0 radical (unpaired) electrons. The number of hydrogen-bond donors (Lipinski definition) is 1. The first-order chi connectivity index (χ1) is 16.7. The van der Waals surface area contributed by atoms with E-state index in [-0.39, 0.29) is 5.02 Å². The molecule has 0 amide bonds. The molecular weight excluding hydrogens is 461 g/mol. The number of benzene rings is 2. The van der Waals surface area contributed by atoms with Crippen LogP contribution in [0.2, 0.25) is 5.02 Å². The minimum absolute atomic E-state index is 0.00905. The summed E-state index contributed by atoms with van der Waals surface area (Å²) in [5.41, 5.74) is 1.78. The summed E-state index contributed by atoms with van der Waals surface area (Å²) >= 11 is 5.89. The van der Waals surface area contributed by atoms with E-state index in [1.165, 1.54) is 18.5 Å². The summed E-state index contributed by atoms with van der Waals surface area (Å²) in [6.45, 7) is 5.12. The second kappa shape index (κ2) is 10.3. The van der Waals surface area contributed by atoms with Gasteiger partial charge in [-0.3, -0.25) is 4.90 Å². The van der Waals surface area contributed by atoms with Crippen LogP contribution in [-0.2, 0) is 4.74 Å². The fraction of sp³-hybridized carbons (Fsp3) is 0.292. The highest BCUT2D eigenvalue weighted by molar-refractivity contribution is 6.31. The van der Waals surface area contributed by atoms with Gasteiger partial charge in [0, 0.05) is 43.2 Å². The highest BCUT2D eigenvalue weighted by Gasteiger charge is 2.19. The number of hydrogen-bond acceptors (Lipinski definition) is 8. The van der Waals surface area contributed by atoms with Crippen LogP contribution in [0.3, 0.4) is 0 Å². The van der Waals surface area contributed by atoms with E-state index in [2.05, 4.69) is 25.2 Å². The summed E-state index contributed by atoms with van der Waals surface area (Å²) in [5, 5.41) is 3.10. The molecule has 0 aliphatic carbocycles. The molecule has 1 aromatic heterocycles. The van der Waals surface area contributed by atoms with Gasteiger partial charge in [0.05, 0.1) is 24.8 Å². The number of nitrogens with zero attached hydrogens (tertiary/aromatic N) is 4. The van der Waals surface area contributed by atoms with Gasteiger partial charge in [-0.1, -0.05) is 11.6 Å². The number of morpholine rings is 1. The van der Waals surface area contributed by atoms with E-state index in [0.29, 0.717) is 41.2 Å². The molecule has 3 heterocycles.